The van der Waals surface area contributed by atoms with Gasteiger partial charge in [0.05, 0.1) is 23.7 Å². The summed E-state index contributed by atoms with van der Waals surface area (Å²) in [4.78, 5) is 13.8. The highest BCUT2D eigenvalue weighted by molar-refractivity contribution is 7.91. The minimum atomic E-state index is -4.45. The Morgan fingerprint density at radius 2 is 1.96 bits per heavy atom. The molecule has 10 heteroatoms. The number of anilines is 1. The Morgan fingerprint density at radius 1 is 1.32 bits per heavy atom. The zero-order valence-electron chi connectivity index (χ0n) is 13.5. The van der Waals surface area contributed by atoms with Crippen LogP contribution in [-0.4, -0.2) is 57.2 Å². The van der Waals surface area contributed by atoms with E-state index in [1.807, 2.05) is 0 Å². The van der Waals surface area contributed by atoms with E-state index in [0.29, 0.717) is 6.42 Å². The van der Waals surface area contributed by atoms with Gasteiger partial charge in [0.25, 0.3) is 0 Å². The van der Waals surface area contributed by atoms with Crippen molar-refractivity contribution in [1.29, 1.82) is 0 Å². The van der Waals surface area contributed by atoms with Crippen LogP contribution >= 0.6 is 0 Å². The van der Waals surface area contributed by atoms with Gasteiger partial charge in [0, 0.05) is 25.4 Å². The Morgan fingerprint density at radius 3 is 2.44 bits per heavy atom. The van der Waals surface area contributed by atoms with Crippen molar-refractivity contribution >= 4 is 21.6 Å². The van der Waals surface area contributed by atoms with Crippen LogP contribution in [0.3, 0.4) is 0 Å². The summed E-state index contributed by atoms with van der Waals surface area (Å²) in [5.74, 6) is -0.119. The molecule has 0 saturated carbocycles. The van der Waals surface area contributed by atoms with Gasteiger partial charge < -0.3 is 15.0 Å². The highest BCUT2D eigenvalue weighted by Crippen LogP contribution is 2.30. The van der Waals surface area contributed by atoms with Crippen LogP contribution in [-0.2, 0) is 20.8 Å². The third-order valence-corrected chi connectivity index (χ3v) is 5.66. The van der Waals surface area contributed by atoms with Crippen molar-refractivity contribution in [2.75, 3.05) is 37.1 Å². The number of sulfone groups is 1. The normalized spacial score (nSPS) is 19.6. The van der Waals surface area contributed by atoms with Gasteiger partial charge in [0.15, 0.2) is 9.84 Å². The van der Waals surface area contributed by atoms with Crippen molar-refractivity contribution in [1.82, 2.24) is 4.90 Å². The van der Waals surface area contributed by atoms with Crippen molar-refractivity contribution in [2.45, 2.75) is 18.6 Å². The van der Waals surface area contributed by atoms with Gasteiger partial charge in [-0.3, -0.25) is 0 Å². The first-order chi connectivity index (χ1) is 11.6. The number of hydrogen-bond acceptors (Lipinski definition) is 4. The first-order valence-corrected chi connectivity index (χ1v) is 9.39. The highest BCUT2D eigenvalue weighted by Gasteiger charge is 2.35. The molecule has 0 unspecified atom stereocenters. The number of urea groups is 1. The summed E-state index contributed by atoms with van der Waals surface area (Å²) in [6.07, 6.45) is -4.13. The second-order valence-corrected chi connectivity index (χ2v) is 7.98. The van der Waals surface area contributed by atoms with E-state index < -0.39 is 33.6 Å². The molecule has 1 saturated heterocycles. The number of alkyl halides is 3. The van der Waals surface area contributed by atoms with Gasteiger partial charge >= 0.3 is 12.2 Å². The number of nitrogens with one attached hydrogen (secondary N) is 1. The van der Waals surface area contributed by atoms with Crippen LogP contribution in [0.1, 0.15) is 12.0 Å². The van der Waals surface area contributed by atoms with Gasteiger partial charge in [-0.2, -0.15) is 13.2 Å². The Bertz CT molecular complexity index is 704. The van der Waals surface area contributed by atoms with E-state index in [0.717, 1.165) is 24.3 Å². The van der Waals surface area contributed by atoms with Crippen LogP contribution < -0.4 is 5.32 Å². The van der Waals surface area contributed by atoms with E-state index in [2.05, 4.69) is 5.32 Å². The molecule has 140 valence electrons. The van der Waals surface area contributed by atoms with Crippen molar-refractivity contribution in [3.05, 3.63) is 29.8 Å². The molecule has 25 heavy (non-hydrogen) atoms. The maximum absolute atomic E-state index is 12.6. The summed E-state index contributed by atoms with van der Waals surface area (Å²) in [5, 5.41) is 2.50. The Hall–Kier alpha value is -1.81. The Labute approximate surface area is 143 Å². The molecule has 6 nitrogen and oxygen atoms in total. The highest BCUT2D eigenvalue weighted by atomic mass is 32.2. The summed E-state index contributed by atoms with van der Waals surface area (Å²) in [6.45, 7) is 0.403. The molecule has 0 aliphatic carbocycles. The Kier molecular flexibility index (Phi) is 5.94. The van der Waals surface area contributed by atoms with Gasteiger partial charge in [-0.25, -0.2) is 13.2 Å². The largest absolute Gasteiger partial charge is 0.416 e. The molecule has 1 aromatic carbocycles. The van der Waals surface area contributed by atoms with Crippen molar-refractivity contribution in [3.8, 4) is 0 Å². The molecular weight excluding hydrogens is 361 g/mol. The fraction of sp³-hybridized carbons (Fsp3) is 0.533. The maximum atomic E-state index is 12.6. The van der Waals surface area contributed by atoms with Gasteiger partial charge in [0.2, 0.25) is 0 Å². The molecule has 0 bridgehead atoms. The predicted octanol–water partition coefficient (Wildman–Crippen LogP) is 2.37. The molecule has 1 aliphatic rings. The van der Waals surface area contributed by atoms with Crippen LogP contribution in [0.25, 0.3) is 0 Å². The molecule has 1 fully saturated rings. The SMILES string of the molecule is COCCN(C(=O)Nc1ccc(C(F)(F)F)cc1)[C@@H]1CCS(=O)(=O)C1. The first-order valence-electron chi connectivity index (χ1n) is 7.56. The number of carbonyl (C=O) groups excluding carboxylic acids is 1. The molecule has 2 amide bonds. The third-order valence-electron chi connectivity index (χ3n) is 3.91. The lowest BCUT2D eigenvalue weighted by Crippen LogP contribution is -2.45. The van der Waals surface area contributed by atoms with E-state index in [4.69, 9.17) is 4.74 Å². The van der Waals surface area contributed by atoms with E-state index >= 15 is 0 Å². The molecule has 0 spiro atoms. The second kappa shape index (κ2) is 7.61. The minimum Gasteiger partial charge on any atom is -0.383 e. The zero-order valence-corrected chi connectivity index (χ0v) is 14.4. The standard InChI is InChI=1S/C15H19F3N2O4S/c1-24-8-7-20(13-6-9-25(22,23)10-13)14(21)19-12-4-2-11(3-5-12)15(16,17)18/h2-5,13H,6-10H2,1H3,(H,19,21)/t13-/m1/s1. The second-order valence-electron chi connectivity index (χ2n) is 5.75. The zero-order chi connectivity index (χ0) is 18.7. The molecule has 1 atom stereocenters. The number of rotatable bonds is 5. The monoisotopic (exact) mass is 380 g/mol. The van der Waals surface area contributed by atoms with Crippen LogP contribution in [0.2, 0.25) is 0 Å². The number of ether oxygens (including phenoxy) is 1. The Balaban J connectivity index is 2.08. The number of halogens is 3. The molecule has 1 heterocycles. The fourth-order valence-corrected chi connectivity index (χ4v) is 4.33. The number of carbonyl (C=O) groups is 1. The van der Waals surface area contributed by atoms with Gasteiger partial charge in [-0.1, -0.05) is 0 Å². The van der Waals surface area contributed by atoms with Crippen LogP contribution in [0.5, 0.6) is 0 Å². The topological polar surface area (TPSA) is 75.7 Å². The molecule has 1 aromatic rings. The average Bonchev–Trinajstić information content (AvgIpc) is 2.87. The third kappa shape index (κ3) is 5.33. The maximum Gasteiger partial charge on any atom is 0.416 e. The number of hydrogen-bond donors (Lipinski definition) is 1. The molecule has 1 N–H and O–H groups in total. The summed E-state index contributed by atoms with van der Waals surface area (Å²) >= 11 is 0. The van der Waals surface area contributed by atoms with Gasteiger partial charge in [0.1, 0.15) is 0 Å². The van der Waals surface area contributed by atoms with Crippen molar-refractivity contribution in [2.24, 2.45) is 0 Å². The van der Waals surface area contributed by atoms with Gasteiger partial charge in [-0.15, -0.1) is 0 Å². The van der Waals surface area contributed by atoms with E-state index in [9.17, 15) is 26.4 Å². The number of methoxy groups -OCH3 is 1. The predicted molar refractivity (Wildman–Crippen MR) is 86.1 cm³/mol. The van der Waals surface area contributed by atoms with E-state index in [1.54, 1.807) is 0 Å². The smallest absolute Gasteiger partial charge is 0.383 e. The lowest BCUT2D eigenvalue weighted by Gasteiger charge is -2.28. The summed E-state index contributed by atoms with van der Waals surface area (Å²) < 4.78 is 65.9. The van der Waals surface area contributed by atoms with Crippen molar-refractivity contribution in [3.63, 3.8) is 0 Å². The number of benzene rings is 1. The van der Waals surface area contributed by atoms with Gasteiger partial charge in [-0.05, 0) is 30.7 Å². The molecule has 0 radical (unpaired) electrons. The molecule has 0 aromatic heterocycles. The fourth-order valence-electron chi connectivity index (χ4n) is 2.60. The van der Waals surface area contributed by atoms with E-state index in [-0.39, 0.29) is 30.3 Å². The van der Waals surface area contributed by atoms with Crippen LogP contribution in [0.4, 0.5) is 23.7 Å². The summed E-state index contributed by atoms with van der Waals surface area (Å²) in [6, 6.07) is 3.00. The first kappa shape index (κ1) is 19.5. The lowest BCUT2D eigenvalue weighted by atomic mass is 10.2. The number of nitrogens with zero attached hydrogens (tertiary/aromatic N) is 1. The van der Waals surface area contributed by atoms with Crippen LogP contribution in [0.15, 0.2) is 24.3 Å². The van der Waals surface area contributed by atoms with Crippen molar-refractivity contribution < 1.29 is 31.1 Å². The minimum absolute atomic E-state index is 0.00864. The average molecular weight is 380 g/mol. The molecule has 2 rings (SSSR count). The van der Waals surface area contributed by atoms with E-state index in [1.165, 1.54) is 12.0 Å². The summed E-state index contributed by atoms with van der Waals surface area (Å²) in [7, 11) is -1.73. The molecular formula is C15H19F3N2O4S. The van der Waals surface area contributed by atoms with Crippen LogP contribution in [0, 0.1) is 0 Å². The number of amides is 2. The molecule has 1 aliphatic heterocycles. The lowest BCUT2D eigenvalue weighted by molar-refractivity contribution is -0.137. The summed E-state index contributed by atoms with van der Waals surface area (Å²) in [5.41, 5.74) is -0.620. The quantitative estimate of drug-likeness (QED) is 0.851.